The normalized spacial score (nSPS) is 11.4. The van der Waals surface area contributed by atoms with Crippen LogP contribution >= 0.6 is 0 Å². The molecular weight excluding hydrogens is 711 g/mol. The topological polar surface area (TPSA) is 80.5 Å². The summed E-state index contributed by atoms with van der Waals surface area (Å²) in [6, 6.07) is 66.3. The molecule has 3 aromatic heterocycles. The Balaban J connectivity index is 1.23. The first-order valence-corrected chi connectivity index (χ1v) is 19.2. The van der Waals surface area contributed by atoms with Crippen molar-refractivity contribution in [2.45, 2.75) is 0 Å². The summed E-state index contributed by atoms with van der Waals surface area (Å²) in [6.07, 6.45) is 0. The van der Waals surface area contributed by atoms with E-state index in [0.29, 0.717) is 23.0 Å². The third kappa shape index (κ3) is 5.53. The predicted molar refractivity (Wildman–Crippen MR) is 233 cm³/mol. The molecule has 6 heteroatoms. The number of nitrogens with zero attached hydrogens (tertiary/aromatic N) is 5. The molecule has 6 nitrogen and oxygen atoms in total. The van der Waals surface area contributed by atoms with Crippen LogP contribution in [0.25, 0.3) is 106 Å². The molecule has 58 heavy (non-hydrogen) atoms. The number of furan rings is 1. The zero-order valence-corrected chi connectivity index (χ0v) is 31.0. The molecule has 0 atom stereocenters. The Kier molecular flexibility index (Phi) is 7.76. The minimum atomic E-state index is 0.553. The molecule has 11 rings (SSSR count). The van der Waals surface area contributed by atoms with E-state index in [-0.39, 0.29) is 0 Å². The molecule has 0 saturated carbocycles. The summed E-state index contributed by atoms with van der Waals surface area (Å²) in [5, 5.41) is 14.1. The van der Waals surface area contributed by atoms with Gasteiger partial charge in [-0.25, -0.2) is 15.0 Å². The Labute approximate surface area is 333 Å². The van der Waals surface area contributed by atoms with Gasteiger partial charge in [-0.15, -0.1) is 0 Å². The summed E-state index contributed by atoms with van der Waals surface area (Å²) in [6.45, 7) is 0. The number of nitriles is 1. The largest absolute Gasteiger partial charge is 0.456 e. The summed E-state index contributed by atoms with van der Waals surface area (Å²) >= 11 is 0. The molecule has 0 spiro atoms. The molecule has 0 unspecified atom stereocenters. The zero-order valence-electron chi connectivity index (χ0n) is 31.0. The summed E-state index contributed by atoms with van der Waals surface area (Å²) in [5.74, 6) is 1.73. The first-order valence-electron chi connectivity index (χ1n) is 19.2. The molecule has 0 fully saturated rings. The van der Waals surface area contributed by atoms with E-state index >= 15 is 0 Å². The van der Waals surface area contributed by atoms with E-state index < -0.39 is 0 Å². The Bertz CT molecular complexity index is 3360. The van der Waals surface area contributed by atoms with E-state index in [4.69, 9.17) is 19.4 Å². The molecule has 11 aromatic rings. The standard InChI is InChI=1S/C52H31N5O/c53-32-33-13-11-18-36(29-33)37-25-27-41-40-19-7-9-22-44(40)57(46(41)31-37)45-28-26-38(39-21-12-24-48-49(39)42-20-8-10-23-47(42)58-48)30-43(45)52-55-50(34-14-3-1-4-15-34)54-51(56-52)35-16-5-2-6-17-35/h1-31H. The van der Waals surface area contributed by atoms with E-state index in [0.717, 1.165) is 88.4 Å². The summed E-state index contributed by atoms with van der Waals surface area (Å²) < 4.78 is 8.67. The van der Waals surface area contributed by atoms with Crippen LogP contribution < -0.4 is 0 Å². The molecule has 0 aliphatic carbocycles. The fourth-order valence-electron chi connectivity index (χ4n) is 8.20. The van der Waals surface area contributed by atoms with E-state index in [1.807, 2.05) is 103 Å². The van der Waals surface area contributed by atoms with Crippen LogP contribution in [0.15, 0.2) is 192 Å². The number of fused-ring (bicyclic) bond motifs is 6. The van der Waals surface area contributed by atoms with Gasteiger partial charge in [0.1, 0.15) is 11.2 Å². The van der Waals surface area contributed by atoms with Crippen LogP contribution in [0.3, 0.4) is 0 Å². The van der Waals surface area contributed by atoms with Gasteiger partial charge in [-0.1, -0.05) is 140 Å². The number of para-hydroxylation sites is 2. The maximum Gasteiger partial charge on any atom is 0.166 e. The number of aromatic nitrogens is 4. The highest BCUT2D eigenvalue weighted by Crippen LogP contribution is 2.42. The highest BCUT2D eigenvalue weighted by Gasteiger charge is 2.22. The quantitative estimate of drug-likeness (QED) is 0.169. The summed E-state index contributed by atoms with van der Waals surface area (Å²) in [4.78, 5) is 15.6. The Hall–Kier alpha value is -8.14. The van der Waals surface area contributed by atoms with E-state index in [1.165, 1.54) is 0 Å². The van der Waals surface area contributed by atoms with Crippen molar-refractivity contribution >= 4 is 43.7 Å². The van der Waals surface area contributed by atoms with E-state index in [2.05, 4.69) is 95.6 Å². The van der Waals surface area contributed by atoms with Crippen molar-refractivity contribution in [1.82, 2.24) is 19.5 Å². The number of rotatable bonds is 6. The molecule has 0 saturated heterocycles. The van der Waals surface area contributed by atoms with Crippen LogP contribution in [0, 0.1) is 11.3 Å². The molecule has 0 aliphatic heterocycles. The molecule has 3 heterocycles. The van der Waals surface area contributed by atoms with Crippen molar-refractivity contribution < 1.29 is 4.42 Å². The van der Waals surface area contributed by atoms with Crippen molar-refractivity contribution in [3.63, 3.8) is 0 Å². The highest BCUT2D eigenvalue weighted by molar-refractivity contribution is 6.13. The van der Waals surface area contributed by atoms with Gasteiger partial charge in [-0.05, 0) is 70.8 Å². The Morgan fingerprint density at radius 3 is 1.79 bits per heavy atom. The first-order chi connectivity index (χ1) is 28.7. The molecular formula is C52H31N5O. The maximum absolute atomic E-state index is 9.72. The molecule has 0 N–H and O–H groups in total. The molecule has 0 radical (unpaired) electrons. The fourth-order valence-corrected chi connectivity index (χ4v) is 8.20. The molecule has 0 bridgehead atoms. The molecule has 8 aromatic carbocycles. The second-order valence-corrected chi connectivity index (χ2v) is 14.3. The van der Waals surface area contributed by atoms with Crippen molar-refractivity contribution in [1.29, 1.82) is 5.26 Å². The van der Waals surface area contributed by atoms with Gasteiger partial charge in [0, 0.05) is 38.2 Å². The summed E-state index contributed by atoms with van der Waals surface area (Å²) in [5.41, 5.74) is 12.0. The summed E-state index contributed by atoms with van der Waals surface area (Å²) in [7, 11) is 0. The number of hydrogen-bond acceptors (Lipinski definition) is 5. The maximum atomic E-state index is 9.72. The van der Waals surface area contributed by atoms with Gasteiger partial charge in [0.05, 0.1) is 28.4 Å². The van der Waals surface area contributed by atoms with E-state index in [1.54, 1.807) is 0 Å². The van der Waals surface area contributed by atoms with Gasteiger partial charge < -0.3 is 8.98 Å². The lowest BCUT2D eigenvalue weighted by Crippen LogP contribution is -2.04. The third-order valence-electron chi connectivity index (χ3n) is 10.9. The fraction of sp³-hybridized carbons (Fsp3) is 0. The van der Waals surface area contributed by atoms with Gasteiger partial charge in [0.15, 0.2) is 17.5 Å². The Morgan fingerprint density at radius 2 is 1.02 bits per heavy atom. The lowest BCUT2D eigenvalue weighted by Gasteiger charge is -2.17. The monoisotopic (exact) mass is 741 g/mol. The van der Waals surface area contributed by atoms with Gasteiger partial charge in [0.2, 0.25) is 0 Å². The van der Waals surface area contributed by atoms with Crippen LogP contribution in [-0.4, -0.2) is 19.5 Å². The SMILES string of the molecule is N#Cc1cccc(-c2ccc3c4ccccc4n(-c4ccc(-c5cccc6oc7ccccc7c56)cc4-c4nc(-c5ccccc5)nc(-c5ccccc5)n4)c3c2)c1. The molecule has 0 aliphatic rings. The van der Waals surface area contributed by atoms with Crippen LogP contribution in [0.5, 0.6) is 0 Å². The van der Waals surface area contributed by atoms with Crippen LogP contribution in [0.4, 0.5) is 0 Å². The minimum Gasteiger partial charge on any atom is -0.456 e. The van der Waals surface area contributed by atoms with Gasteiger partial charge >= 0.3 is 0 Å². The van der Waals surface area contributed by atoms with Crippen LogP contribution in [-0.2, 0) is 0 Å². The van der Waals surface area contributed by atoms with Gasteiger partial charge in [-0.2, -0.15) is 5.26 Å². The van der Waals surface area contributed by atoms with Crippen molar-refractivity contribution in [2.24, 2.45) is 0 Å². The molecule has 270 valence electrons. The Morgan fingerprint density at radius 1 is 0.414 bits per heavy atom. The smallest absolute Gasteiger partial charge is 0.166 e. The van der Waals surface area contributed by atoms with Gasteiger partial charge in [0.25, 0.3) is 0 Å². The van der Waals surface area contributed by atoms with Gasteiger partial charge in [-0.3, -0.25) is 0 Å². The zero-order chi connectivity index (χ0) is 38.6. The second kappa shape index (κ2) is 13.6. The molecule has 0 amide bonds. The van der Waals surface area contributed by atoms with E-state index in [9.17, 15) is 5.26 Å². The average Bonchev–Trinajstić information content (AvgIpc) is 3.85. The van der Waals surface area contributed by atoms with Crippen LogP contribution in [0.2, 0.25) is 0 Å². The lowest BCUT2D eigenvalue weighted by molar-refractivity contribution is 0.669. The lowest BCUT2D eigenvalue weighted by atomic mass is 9.96. The van der Waals surface area contributed by atoms with Crippen molar-refractivity contribution in [3.8, 4) is 68.2 Å². The number of hydrogen-bond donors (Lipinski definition) is 0. The minimum absolute atomic E-state index is 0.553. The average molecular weight is 742 g/mol. The predicted octanol–water partition coefficient (Wildman–Crippen LogP) is 13.1. The number of benzene rings is 8. The van der Waals surface area contributed by atoms with Crippen molar-refractivity contribution in [2.75, 3.05) is 0 Å². The van der Waals surface area contributed by atoms with Crippen LogP contribution in [0.1, 0.15) is 5.56 Å². The highest BCUT2D eigenvalue weighted by atomic mass is 16.3. The second-order valence-electron chi connectivity index (χ2n) is 14.3. The van der Waals surface area contributed by atoms with Crippen molar-refractivity contribution in [3.05, 3.63) is 194 Å². The first kappa shape index (κ1) is 33.2. The third-order valence-corrected chi connectivity index (χ3v) is 10.9.